The molecule has 1 atom stereocenters. The molecule has 0 amide bonds. The van der Waals surface area contributed by atoms with Crippen LogP contribution in [0.5, 0.6) is 5.75 Å². The molecule has 0 saturated heterocycles. The maximum absolute atomic E-state index is 5.61. The Balaban J connectivity index is 2.30. The van der Waals surface area contributed by atoms with E-state index in [4.69, 9.17) is 4.74 Å². The minimum absolute atomic E-state index is 0.183. The predicted octanol–water partition coefficient (Wildman–Crippen LogP) is 4.95. The molecule has 0 aliphatic rings. The van der Waals surface area contributed by atoms with Crippen molar-refractivity contribution in [3.05, 3.63) is 65.7 Å². The van der Waals surface area contributed by atoms with Crippen LogP contribution in [0.4, 0.5) is 0 Å². The van der Waals surface area contributed by atoms with E-state index in [9.17, 15) is 0 Å². The van der Waals surface area contributed by atoms with Gasteiger partial charge in [0.25, 0.3) is 0 Å². The van der Waals surface area contributed by atoms with Crippen molar-refractivity contribution in [2.24, 2.45) is 0 Å². The largest absolute Gasteiger partial charge is 0.496 e. The van der Waals surface area contributed by atoms with Crippen LogP contribution in [-0.4, -0.2) is 31.1 Å². The molecule has 1 unspecified atom stereocenters. The van der Waals surface area contributed by atoms with E-state index in [1.54, 1.807) is 7.11 Å². The fourth-order valence-corrected chi connectivity index (χ4v) is 2.80. The van der Waals surface area contributed by atoms with E-state index < -0.39 is 0 Å². The van der Waals surface area contributed by atoms with Gasteiger partial charge in [-0.25, -0.2) is 0 Å². The molecule has 124 valence electrons. The molecule has 0 aromatic heterocycles. The van der Waals surface area contributed by atoms with Gasteiger partial charge in [-0.3, -0.25) is 0 Å². The number of methoxy groups -OCH3 is 1. The minimum Gasteiger partial charge on any atom is -0.496 e. The van der Waals surface area contributed by atoms with E-state index in [0.717, 1.165) is 18.7 Å². The first-order valence-electron chi connectivity index (χ1n) is 8.32. The van der Waals surface area contributed by atoms with E-state index in [1.807, 2.05) is 6.07 Å². The maximum atomic E-state index is 5.61. The van der Waals surface area contributed by atoms with Crippen molar-refractivity contribution < 1.29 is 4.74 Å². The summed E-state index contributed by atoms with van der Waals surface area (Å²) in [4.78, 5) is 2.42. The molecule has 2 rings (SSSR count). The summed E-state index contributed by atoms with van der Waals surface area (Å²) in [6.45, 7) is 7.82. The highest BCUT2D eigenvalue weighted by molar-refractivity contribution is 5.42. The van der Waals surface area contributed by atoms with Crippen LogP contribution < -0.4 is 4.74 Å². The third-order valence-corrected chi connectivity index (χ3v) is 4.61. The van der Waals surface area contributed by atoms with Gasteiger partial charge >= 0.3 is 0 Å². The Kier molecular flexibility index (Phi) is 5.84. The van der Waals surface area contributed by atoms with Gasteiger partial charge in [0.2, 0.25) is 0 Å². The average Bonchev–Trinajstić information content (AvgIpc) is 2.55. The van der Waals surface area contributed by atoms with Gasteiger partial charge in [0.1, 0.15) is 5.75 Å². The highest BCUT2D eigenvalue weighted by atomic mass is 16.5. The van der Waals surface area contributed by atoms with Crippen LogP contribution in [0.2, 0.25) is 0 Å². The van der Waals surface area contributed by atoms with Gasteiger partial charge in [-0.15, -0.1) is 0 Å². The first-order valence-corrected chi connectivity index (χ1v) is 8.32. The lowest BCUT2D eigenvalue weighted by atomic mass is 9.87. The number of rotatable bonds is 6. The van der Waals surface area contributed by atoms with Crippen molar-refractivity contribution >= 4 is 0 Å². The lowest BCUT2D eigenvalue weighted by Crippen LogP contribution is -2.39. The normalized spacial score (nSPS) is 13.1. The summed E-state index contributed by atoms with van der Waals surface area (Å²) in [5, 5.41) is 0. The van der Waals surface area contributed by atoms with Crippen LogP contribution in [0.1, 0.15) is 44.2 Å². The molecule has 2 nitrogen and oxygen atoms in total. The Morgan fingerprint density at radius 1 is 0.957 bits per heavy atom. The Morgan fingerprint density at radius 2 is 1.57 bits per heavy atom. The lowest BCUT2D eigenvalue weighted by Gasteiger charge is -2.33. The summed E-state index contributed by atoms with van der Waals surface area (Å²) in [7, 11) is 3.95. The summed E-state index contributed by atoms with van der Waals surface area (Å²) in [5.41, 5.74) is 2.80. The van der Waals surface area contributed by atoms with Crippen molar-refractivity contribution in [1.29, 1.82) is 0 Å². The van der Waals surface area contributed by atoms with Crippen molar-refractivity contribution in [1.82, 2.24) is 4.90 Å². The molecule has 0 spiro atoms. The second-order valence-corrected chi connectivity index (χ2v) is 7.09. The Morgan fingerprint density at radius 3 is 2.17 bits per heavy atom. The third-order valence-electron chi connectivity index (χ3n) is 4.61. The average molecular weight is 311 g/mol. The predicted molar refractivity (Wildman–Crippen MR) is 98.3 cm³/mol. The van der Waals surface area contributed by atoms with E-state index in [-0.39, 0.29) is 5.54 Å². The quantitative estimate of drug-likeness (QED) is 0.748. The van der Waals surface area contributed by atoms with E-state index in [0.29, 0.717) is 5.92 Å². The van der Waals surface area contributed by atoms with E-state index in [1.165, 1.54) is 11.1 Å². The van der Waals surface area contributed by atoms with Gasteiger partial charge in [0, 0.05) is 17.0 Å². The van der Waals surface area contributed by atoms with Crippen molar-refractivity contribution in [3.8, 4) is 5.75 Å². The molecule has 2 aromatic carbocycles. The summed E-state index contributed by atoms with van der Waals surface area (Å²) in [5.74, 6) is 1.32. The fourth-order valence-electron chi connectivity index (χ4n) is 2.80. The zero-order valence-corrected chi connectivity index (χ0v) is 15.0. The van der Waals surface area contributed by atoms with Crippen molar-refractivity contribution in [3.63, 3.8) is 0 Å². The zero-order chi connectivity index (χ0) is 16.9. The monoisotopic (exact) mass is 311 g/mol. The van der Waals surface area contributed by atoms with Gasteiger partial charge < -0.3 is 9.64 Å². The molecule has 0 bridgehead atoms. The van der Waals surface area contributed by atoms with Gasteiger partial charge in [-0.2, -0.15) is 0 Å². The highest BCUT2D eigenvalue weighted by Crippen LogP contribution is 2.34. The fraction of sp³-hybridized carbons (Fsp3) is 0.429. The molecule has 2 heteroatoms. The number of hydrogen-bond donors (Lipinski definition) is 0. The van der Waals surface area contributed by atoms with Crippen LogP contribution in [0.3, 0.4) is 0 Å². The van der Waals surface area contributed by atoms with Gasteiger partial charge in [-0.1, -0.05) is 48.5 Å². The molecule has 0 aliphatic heterocycles. The topological polar surface area (TPSA) is 12.5 Å². The van der Waals surface area contributed by atoms with Crippen LogP contribution in [0.15, 0.2) is 54.6 Å². The molecule has 0 saturated carbocycles. The van der Waals surface area contributed by atoms with Crippen LogP contribution in [0.25, 0.3) is 0 Å². The number of benzene rings is 2. The lowest BCUT2D eigenvalue weighted by molar-refractivity contribution is 0.171. The number of ether oxygens (including phenoxy) is 1. The standard InChI is InChI=1S/C21H29NO/c1-21(2,3)22(4)16-15-18(17-11-7-6-8-12-17)19-13-9-10-14-20(19)23-5/h6-14,18H,15-16H2,1-5H3. The van der Waals surface area contributed by atoms with Crippen molar-refractivity contribution in [2.45, 2.75) is 38.6 Å². The number of para-hydroxylation sites is 1. The number of nitrogens with zero attached hydrogens (tertiary/aromatic N) is 1. The van der Waals surface area contributed by atoms with Crippen LogP contribution in [0, 0.1) is 0 Å². The second-order valence-electron chi connectivity index (χ2n) is 7.09. The molecule has 0 radical (unpaired) electrons. The molecular weight excluding hydrogens is 282 g/mol. The molecular formula is C21H29NO. The molecule has 0 heterocycles. The number of hydrogen-bond acceptors (Lipinski definition) is 2. The first kappa shape index (κ1) is 17.6. The second kappa shape index (κ2) is 7.65. The third kappa shape index (κ3) is 4.59. The molecule has 2 aromatic rings. The SMILES string of the molecule is COc1ccccc1C(CCN(C)C(C)(C)C)c1ccccc1. The summed E-state index contributed by atoms with van der Waals surface area (Å²) < 4.78 is 5.61. The maximum Gasteiger partial charge on any atom is 0.122 e. The van der Waals surface area contributed by atoms with E-state index >= 15 is 0 Å². The molecule has 23 heavy (non-hydrogen) atoms. The Hall–Kier alpha value is -1.80. The first-order chi connectivity index (χ1) is 10.9. The molecule has 0 aliphatic carbocycles. The Labute approximate surface area is 141 Å². The van der Waals surface area contributed by atoms with Crippen LogP contribution in [-0.2, 0) is 0 Å². The van der Waals surface area contributed by atoms with E-state index in [2.05, 4.69) is 81.2 Å². The van der Waals surface area contributed by atoms with Crippen molar-refractivity contribution in [2.75, 3.05) is 20.7 Å². The summed E-state index contributed by atoms with van der Waals surface area (Å²) in [6.07, 6.45) is 1.07. The smallest absolute Gasteiger partial charge is 0.122 e. The van der Waals surface area contributed by atoms with Gasteiger partial charge in [-0.05, 0) is 52.4 Å². The highest BCUT2D eigenvalue weighted by Gasteiger charge is 2.22. The van der Waals surface area contributed by atoms with Gasteiger partial charge in [0.05, 0.1) is 7.11 Å². The minimum atomic E-state index is 0.183. The molecule has 0 fully saturated rings. The van der Waals surface area contributed by atoms with Crippen LogP contribution >= 0.6 is 0 Å². The zero-order valence-electron chi connectivity index (χ0n) is 15.0. The molecule has 0 N–H and O–H groups in total. The summed E-state index contributed by atoms with van der Waals surface area (Å²) in [6, 6.07) is 19.1. The Bertz CT molecular complexity index is 601. The summed E-state index contributed by atoms with van der Waals surface area (Å²) >= 11 is 0. The van der Waals surface area contributed by atoms with Gasteiger partial charge in [0.15, 0.2) is 0 Å².